The molecule has 1 atom stereocenters. The lowest BCUT2D eigenvalue weighted by atomic mass is 9.92. The molecule has 1 unspecified atom stereocenters. The van der Waals surface area contributed by atoms with Crippen molar-refractivity contribution in [1.82, 2.24) is 15.5 Å². The highest BCUT2D eigenvalue weighted by molar-refractivity contribution is 5.94. The van der Waals surface area contributed by atoms with Crippen molar-refractivity contribution in [2.45, 2.75) is 39.0 Å². The lowest BCUT2D eigenvalue weighted by Gasteiger charge is -2.23. The molecule has 0 aromatic carbocycles. The van der Waals surface area contributed by atoms with Crippen LogP contribution < -0.4 is 10.6 Å². The van der Waals surface area contributed by atoms with Gasteiger partial charge in [-0.25, -0.2) is 0 Å². The number of nitrogens with one attached hydrogen (secondary N) is 3. The van der Waals surface area contributed by atoms with Crippen LogP contribution in [-0.4, -0.2) is 29.2 Å². The van der Waals surface area contributed by atoms with Gasteiger partial charge in [0.1, 0.15) is 0 Å². The van der Waals surface area contributed by atoms with E-state index in [1.54, 1.807) is 0 Å². The molecule has 19 heavy (non-hydrogen) atoms. The van der Waals surface area contributed by atoms with E-state index in [0.29, 0.717) is 5.82 Å². The molecule has 1 aromatic heterocycles. The number of piperidine rings is 1. The number of rotatable bonds is 4. The summed E-state index contributed by atoms with van der Waals surface area (Å²) in [7, 11) is 0. The van der Waals surface area contributed by atoms with Crippen molar-refractivity contribution in [3.8, 4) is 0 Å². The number of aromatic nitrogens is 2. The zero-order chi connectivity index (χ0) is 13.3. The summed E-state index contributed by atoms with van der Waals surface area (Å²) in [4.78, 5) is 12.2. The molecule has 2 aliphatic rings. The van der Waals surface area contributed by atoms with Crippen molar-refractivity contribution in [2.75, 3.05) is 18.4 Å². The van der Waals surface area contributed by atoms with Crippen molar-refractivity contribution in [1.29, 1.82) is 0 Å². The molecule has 1 amide bonds. The van der Waals surface area contributed by atoms with Crippen molar-refractivity contribution in [2.24, 2.45) is 11.3 Å². The van der Waals surface area contributed by atoms with Crippen LogP contribution in [0.1, 0.15) is 38.3 Å². The van der Waals surface area contributed by atoms with Gasteiger partial charge in [-0.3, -0.25) is 9.89 Å². The Balaban J connectivity index is 1.56. The maximum atomic E-state index is 12.2. The minimum absolute atomic E-state index is 0.149. The van der Waals surface area contributed by atoms with Gasteiger partial charge in [0.25, 0.3) is 0 Å². The molecule has 104 valence electrons. The summed E-state index contributed by atoms with van der Waals surface area (Å²) in [5.74, 6) is 1.02. The highest BCUT2D eigenvalue weighted by atomic mass is 16.2. The Hall–Kier alpha value is -1.36. The van der Waals surface area contributed by atoms with Gasteiger partial charge < -0.3 is 10.6 Å². The smallest absolute Gasteiger partial charge is 0.229 e. The Morgan fingerprint density at radius 1 is 1.53 bits per heavy atom. The zero-order valence-corrected chi connectivity index (χ0v) is 11.5. The summed E-state index contributed by atoms with van der Waals surface area (Å²) in [6.07, 6.45) is 5.36. The maximum Gasteiger partial charge on any atom is 0.229 e. The van der Waals surface area contributed by atoms with E-state index in [-0.39, 0.29) is 17.2 Å². The van der Waals surface area contributed by atoms with E-state index in [9.17, 15) is 4.79 Å². The van der Waals surface area contributed by atoms with Crippen molar-refractivity contribution in [3.05, 3.63) is 11.8 Å². The molecule has 3 N–H and O–H groups in total. The summed E-state index contributed by atoms with van der Waals surface area (Å²) < 4.78 is 0. The van der Waals surface area contributed by atoms with E-state index in [0.717, 1.165) is 50.9 Å². The summed E-state index contributed by atoms with van der Waals surface area (Å²) in [6.45, 7) is 4.23. The van der Waals surface area contributed by atoms with Gasteiger partial charge in [-0.2, -0.15) is 5.10 Å². The molecule has 2 heterocycles. The van der Waals surface area contributed by atoms with Gasteiger partial charge in [0, 0.05) is 17.7 Å². The molecule has 0 bridgehead atoms. The number of H-pyrrole nitrogens is 1. The van der Waals surface area contributed by atoms with Crippen LogP contribution in [0.25, 0.3) is 0 Å². The highest BCUT2D eigenvalue weighted by Gasteiger charge is 2.57. The first-order chi connectivity index (χ1) is 9.23. The average molecular weight is 262 g/mol. The lowest BCUT2D eigenvalue weighted by Crippen LogP contribution is -2.31. The van der Waals surface area contributed by atoms with Gasteiger partial charge in [-0.15, -0.1) is 0 Å². The molecule has 1 spiro atoms. The number of hydrogen-bond donors (Lipinski definition) is 3. The number of hydrogen-bond acceptors (Lipinski definition) is 3. The molecule has 3 rings (SSSR count). The molecule has 1 aliphatic carbocycles. The number of nitrogens with zero attached hydrogens (tertiary/aromatic N) is 1. The van der Waals surface area contributed by atoms with Crippen LogP contribution in [0.5, 0.6) is 0 Å². The summed E-state index contributed by atoms with van der Waals surface area (Å²) in [5.41, 5.74) is 1.38. The second-order valence-corrected chi connectivity index (χ2v) is 5.89. The van der Waals surface area contributed by atoms with Crippen molar-refractivity contribution >= 4 is 11.7 Å². The van der Waals surface area contributed by atoms with Crippen LogP contribution in [0, 0.1) is 11.3 Å². The van der Waals surface area contributed by atoms with Crippen molar-refractivity contribution in [3.63, 3.8) is 0 Å². The Kier molecular flexibility index (Phi) is 3.31. The number of aryl methyl sites for hydroxylation is 1. The number of aromatic amines is 1. The third-order valence-electron chi connectivity index (χ3n) is 4.51. The van der Waals surface area contributed by atoms with Crippen LogP contribution in [0.4, 0.5) is 5.82 Å². The van der Waals surface area contributed by atoms with E-state index in [1.807, 2.05) is 6.07 Å². The maximum absolute atomic E-state index is 12.2. The molecule has 5 heteroatoms. The fourth-order valence-electron chi connectivity index (χ4n) is 3.23. The number of anilines is 1. The van der Waals surface area contributed by atoms with E-state index >= 15 is 0 Å². The Morgan fingerprint density at radius 3 is 3.05 bits per heavy atom. The molecule has 1 aromatic rings. The average Bonchev–Trinajstić information content (AvgIpc) is 2.91. The topological polar surface area (TPSA) is 69.8 Å². The van der Waals surface area contributed by atoms with Gasteiger partial charge in [-0.1, -0.05) is 13.3 Å². The van der Waals surface area contributed by atoms with E-state index in [2.05, 4.69) is 27.8 Å². The molecular weight excluding hydrogens is 240 g/mol. The Bertz CT molecular complexity index is 462. The molecule has 2 fully saturated rings. The predicted octanol–water partition coefficient (Wildman–Crippen LogP) is 1.69. The first-order valence-corrected chi connectivity index (χ1v) is 7.29. The molecule has 1 saturated carbocycles. The monoisotopic (exact) mass is 262 g/mol. The van der Waals surface area contributed by atoms with Crippen LogP contribution in [0.2, 0.25) is 0 Å². The van der Waals surface area contributed by atoms with Crippen LogP contribution in [0.15, 0.2) is 6.07 Å². The third-order valence-corrected chi connectivity index (χ3v) is 4.51. The van der Waals surface area contributed by atoms with Crippen molar-refractivity contribution < 1.29 is 4.79 Å². The second kappa shape index (κ2) is 4.96. The summed E-state index contributed by atoms with van der Waals surface area (Å²) in [5, 5.41) is 13.4. The minimum Gasteiger partial charge on any atom is -0.317 e. The van der Waals surface area contributed by atoms with Crippen LogP contribution >= 0.6 is 0 Å². The first kappa shape index (κ1) is 12.7. The Morgan fingerprint density at radius 2 is 2.32 bits per heavy atom. The fraction of sp³-hybridized carbons (Fsp3) is 0.714. The molecule has 1 aliphatic heterocycles. The van der Waals surface area contributed by atoms with Gasteiger partial charge in [0.2, 0.25) is 5.91 Å². The third kappa shape index (κ3) is 2.52. The molecule has 0 radical (unpaired) electrons. The first-order valence-electron chi connectivity index (χ1n) is 7.29. The number of carbonyl (C=O) groups excluding carboxylic acids is 1. The van der Waals surface area contributed by atoms with Crippen LogP contribution in [0.3, 0.4) is 0 Å². The standard InChI is InChI=1S/C14H22N4O/c1-2-3-10-8-12(18-17-10)16-13(19)11-9-14(11)4-6-15-7-5-14/h8,11,15H,2-7,9H2,1H3,(H2,16,17,18,19). The van der Waals surface area contributed by atoms with Gasteiger partial charge >= 0.3 is 0 Å². The van der Waals surface area contributed by atoms with Gasteiger partial charge in [0.15, 0.2) is 5.82 Å². The van der Waals surface area contributed by atoms with Gasteiger partial charge in [-0.05, 0) is 44.2 Å². The predicted molar refractivity (Wildman–Crippen MR) is 73.9 cm³/mol. The number of carbonyl (C=O) groups is 1. The lowest BCUT2D eigenvalue weighted by molar-refractivity contribution is -0.118. The molecule has 1 saturated heterocycles. The van der Waals surface area contributed by atoms with E-state index in [4.69, 9.17) is 0 Å². The summed E-state index contributed by atoms with van der Waals surface area (Å²) in [6, 6.07) is 1.94. The quantitative estimate of drug-likeness (QED) is 0.773. The highest BCUT2D eigenvalue weighted by Crippen LogP contribution is 2.58. The number of amides is 1. The molecule has 5 nitrogen and oxygen atoms in total. The molecular formula is C14H22N4O. The summed E-state index contributed by atoms with van der Waals surface area (Å²) >= 11 is 0. The Labute approximate surface area is 113 Å². The second-order valence-electron chi connectivity index (χ2n) is 5.89. The van der Waals surface area contributed by atoms with E-state index < -0.39 is 0 Å². The fourth-order valence-corrected chi connectivity index (χ4v) is 3.23. The normalized spacial score (nSPS) is 24.4. The van der Waals surface area contributed by atoms with Gasteiger partial charge in [0.05, 0.1) is 0 Å². The SMILES string of the molecule is CCCc1cc(NC(=O)C2CC23CCNCC3)n[nH]1. The van der Waals surface area contributed by atoms with E-state index in [1.165, 1.54) is 0 Å². The largest absolute Gasteiger partial charge is 0.317 e. The zero-order valence-electron chi connectivity index (χ0n) is 11.5. The minimum atomic E-state index is 0.149. The van der Waals surface area contributed by atoms with Crippen LogP contribution in [-0.2, 0) is 11.2 Å².